The maximum Gasteiger partial charge on any atom is 0.383 e. The molecule has 0 atom stereocenters. The highest BCUT2D eigenvalue weighted by Crippen LogP contribution is 2.17. The lowest BCUT2D eigenvalue weighted by molar-refractivity contribution is -0.386. The molecule has 6 heteroatoms. The maximum absolute atomic E-state index is 10.5. The third-order valence-electron chi connectivity index (χ3n) is 1.09. The summed E-state index contributed by atoms with van der Waals surface area (Å²) in [6.45, 7) is 0. The fourth-order valence-corrected chi connectivity index (χ4v) is 0.655. The Bertz CT molecular complexity index is 275. The van der Waals surface area contributed by atoms with Gasteiger partial charge in [-0.25, -0.2) is 4.79 Å². The Kier molecular flexibility index (Phi) is 1.69. The molecule has 0 fully saturated rings. The highest BCUT2D eigenvalue weighted by atomic mass is 16.6. The van der Waals surface area contributed by atoms with Gasteiger partial charge in [0.1, 0.15) is 0 Å². The van der Waals surface area contributed by atoms with E-state index in [-0.39, 0.29) is 11.4 Å². The molecule has 0 saturated heterocycles. The number of hydrogen-bond acceptors (Lipinski definition) is 4. The van der Waals surface area contributed by atoms with E-state index in [1.165, 1.54) is 0 Å². The van der Waals surface area contributed by atoms with E-state index in [0.717, 1.165) is 12.3 Å². The minimum atomic E-state index is -0.693. The summed E-state index contributed by atoms with van der Waals surface area (Å²) in [6, 6.07) is 1.11. The summed E-state index contributed by atoms with van der Waals surface area (Å²) in [5, 5.41) is 10.2. The number of quaternary nitrogens is 1. The monoisotopic (exact) mass is 157 g/mol. The van der Waals surface area contributed by atoms with Gasteiger partial charge in [-0.3, -0.25) is 15.8 Å². The van der Waals surface area contributed by atoms with E-state index >= 15 is 0 Å². The molecule has 1 heterocycles. The van der Waals surface area contributed by atoms with Crippen molar-refractivity contribution in [2.24, 2.45) is 0 Å². The number of carbonyl (C=O) groups excluding carboxylic acids is 1. The van der Waals surface area contributed by atoms with Gasteiger partial charge in [-0.2, -0.15) is 0 Å². The van der Waals surface area contributed by atoms with E-state index in [1.807, 2.05) is 0 Å². The molecule has 0 saturated carbocycles. The van der Waals surface area contributed by atoms with E-state index in [2.05, 4.69) is 10.2 Å². The van der Waals surface area contributed by atoms with Crippen LogP contribution >= 0.6 is 0 Å². The van der Waals surface area contributed by atoms with Crippen LogP contribution in [0.4, 0.5) is 5.69 Å². The van der Waals surface area contributed by atoms with Crippen LogP contribution in [-0.2, 0) is 0 Å². The number of amides is 1. The number of nitrogens with zero attached hydrogens (tertiary/aromatic N) is 1. The molecule has 0 aromatic carbocycles. The third-order valence-corrected chi connectivity index (χ3v) is 1.09. The molecule has 6 nitrogen and oxygen atoms in total. The van der Waals surface area contributed by atoms with Crippen LogP contribution in [0, 0.1) is 10.1 Å². The van der Waals surface area contributed by atoms with Gasteiger partial charge >= 0.3 is 17.4 Å². The van der Waals surface area contributed by atoms with Crippen molar-refractivity contribution >= 4 is 11.6 Å². The van der Waals surface area contributed by atoms with Gasteiger partial charge in [0.05, 0.1) is 17.3 Å². The van der Waals surface area contributed by atoms with Gasteiger partial charge < -0.3 is 4.42 Å². The van der Waals surface area contributed by atoms with Crippen molar-refractivity contribution in [2.45, 2.75) is 0 Å². The highest BCUT2D eigenvalue weighted by molar-refractivity contribution is 5.87. The molecule has 0 bridgehead atoms. The van der Waals surface area contributed by atoms with Crippen LogP contribution in [0.25, 0.3) is 0 Å². The molecule has 1 amide bonds. The van der Waals surface area contributed by atoms with Gasteiger partial charge in [0.15, 0.2) is 0 Å². The molecule has 0 aliphatic heterocycles. The van der Waals surface area contributed by atoms with Crippen molar-refractivity contribution in [3.05, 3.63) is 28.2 Å². The second-order valence-corrected chi connectivity index (χ2v) is 1.82. The van der Waals surface area contributed by atoms with E-state index in [9.17, 15) is 14.9 Å². The molecular formula is C5H5N2O4+. The van der Waals surface area contributed by atoms with Crippen LogP contribution < -0.4 is 5.73 Å². The number of furan rings is 1. The van der Waals surface area contributed by atoms with Crippen molar-refractivity contribution in [3.63, 3.8) is 0 Å². The predicted octanol–water partition coefficient (Wildman–Crippen LogP) is -0.430. The van der Waals surface area contributed by atoms with Crippen LogP contribution in [-0.4, -0.2) is 10.8 Å². The molecule has 1 rings (SSSR count). The van der Waals surface area contributed by atoms with Gasteiger partial charge in [0, 0.05) is 0 Å². The Hall–Kier alpha value is -1.69. The second-order valence-electron chi connectivity index (χ2n) is 1.82. The van der Waals surface area contributed by atoms with E-state index in [4.69, 9.17) is 0 Å². The molecule has 0 radical (unpaired) electrons. The topological polar surface area (TPSA) is 101 Å². The van der Waals surface area contributed by atoms with Crippen molar-refractivity contribution in [2.75, 3.05) is 0 Å². The molecule has 1 aromatic rings. The standard InChI is InChI=1S/C5H4N2O4/c6-5(8)4-3(7(9)10)1-2-11-4/h1-2H,(H2,6,8)/p+1. The predicted molar refractivity (Wildman–Crippen MR) is 32.6 cm³/mol. The summed E-state index contributed by atoms with van der Waals surface area (Å²) in [6.07, 6.45) is 1.08. The van der Waals surface area contributed by atoms with Crippen LogP contribution in [0.5, 0.6) is 0 Å². The first-order chi connectivity index (χ1) is 5.13. The molecule has 0 aliphatic rings. The van der Waals surface area contributed by atoms with Gasteiger partial charge in [-0.05, 0) is 0 Å². The lowest BCUT2D eigenvalue weighted by atomic mass is 10.4. The molecule has 0 spiro atoms. The molecule has 0 unspecified atom stereocenters. The summed E-state index contributed by atoms with van der Waals surface area (Å²) < 4.78 is 4.53. The fraction of sp³-hybridized carbons (Fsp3) is 0. The van der Waals surface area contributed by atoms with E-state index in [1.54, 1.807) is 0 Å². The first-order valence-electron chi connectivity index (χ1n) is 2.71. The fourth-order valence-electron chi connectivity index (χ4n) is 0.655. The summed E-state index contributed by atoms with van der Waals surface area (Å²) >= 11 is 0. The van der Waals surface area contributed by atoms with Gasteiger partial charge in [-0.15, -0.1) is 0 Å². The first-order valence-corrected chi connectivity index (χ1v) is 2.71. The number of rotatable bonds is 2. The summed E-state index contributed by atoms with van der Waals surface area (Å²) in [5.74, 6) is -1.00. The normalized spacial score (nSPS) is 9.55. The van der Waals surface area contributed by atoms with E-state index in [0.29, 0.717) is 0 Å². The molecule has 0 aliphatic carbocycles. The van der Waals surface area contributed by atoms with Gasteiger partial charge in [0.2, 0.25) is 0 Å². The Labute approximate surface area is 60.7 Å². The summed E-state index contributed by atoms with van der Waals surface area (Å²) in [5.41, 5.74) is 2.64. The van der Waals surface area contributed by atoms with Crippen molar-refractivity contribution in [1.82, 2.24) is 0 Å². The average molecular weight is 157 g/mol. The minimum absolute atomic E-state index is 0.310. The minimum Gasteiger partial charge on any atom is -0.450 e. The van der Waals surface area contributed by atoms with Crippen molar-refractivity contribution < 1.29 is 19.9 Å². The number of nitro groups is 1. The lowest BCUT2D eigenvalue weighted by Gasteiger charge is -1.84. The number of carbonyl (C=O) groups is 1. The zero-order chi connectivity index (χ0) is 8.43. The quantitative estimate of drug-likeness (QED) is 0.464. The first kappa shape index (κ1) is 7.42. The Morgan fingerprint density at radius 2 is 2.36 bits per heavy atom. The van der Waals surface area contributed by atoms with Gasteiger partial charge in [-0.1, -0.05) is 0 Å². The molecule has 11 heavy (non-hydrogen) atoms. The Morgan fingerprint density at radius 1 is 1.73 bits per heavy atom. The highest BCUT2D eigenvalue weighted by Gasteiger charge is 2.24. The SMILES string of the molecule is [NH3+]C(=O)c1occc1[N+](=O)[O-]. The second kappa shape index (κ2) is 2.51. The smallest absolute Gasteiger partial charge is 0.383 e. The summed E-state index contributed by atoms with van der Waals surface area (Å²) in [7, 11) is 0. The zero-order valence-corrected chi connectivity index (χ0v) is 5.44. The summed E-state index contributed by atoms with van der Waals surface area (Å²) in [4.78, 5) is 20.0. The van der Waals surface area contributed by atoms with Crippen LogP contribution in [0.2, 0.25) is 0 Å². The van der Waals surface area contributed by atoms with Gasteiger partial charge in [0.25, 0.3) is 0 Å². The lowest BCUT2D eigenvalue weighted by Crippen LogP contribution is -2.56. The van der Waals surface area contributed by atoms with Crippen LogP contribution in [0.15, 0.2) is 16.7 Å². The van der Waals surface area contributed by atoms with Crippen LogP contribution in [0.1, 0.15) is 10.6 Å². The van der Waals surface area contributed by atoms with Crippen molar-refractivity contribution in [1.29, 1.82) is 0 Å². The zero-order valence-electron chi connectivity index (χ0n) is 5.44. The third kappa shape index (κ3) is 1.24. The van der Waals surface area contributed by atoms with E-state index < -0.39 is 10.8 Å². The molecule has 1 aromatic heterocycles. The largest absolute Gasteiger partial charge is 0.450 e. The molecular weight excluding hydrogens is 152 g/mol. The number of hydrogen-bond donors (Lipinski definition) is 1. The Morgan fingerprint density at radius 3 is 2.73 bits per heavy atom. The molecule has 3 N–H and O–H groups in total. The molecule has 58 valence electrons. The van der Waals surface area contributed by atoms with Crippen LogP contribution in [0.3, 0.4) is 0 Å². The Balaban J connectivity index is 3.16. The van der Waals surface area contributed by atoms with Crippen molar-refractivity contribution in [3.8, 4) is 0 Å². The average Bonchev–Trinajstić information content (AvgIpc) is 2.32. The maximum atomic E-state index is 10.5.